The Kier molecular flexibility index (Phi) is 12.1. The highest BCUT2D eigenvalue weighted by Crippen LogP contribution is 2.51. The van der Waals surface area contributed by atoms with Gasteiger partial charge in [-0.3, -0.25) is 0 Å². The molecule has 6 N–H and O–H groups in total. The zero-order valence-electron chi connectivity index (χ0n) is 30.2. The average Bonchev–Trinajstić information content (AvgIpc) is 3.14. The first-order valence-electron chi connectivity index (χ1n) is 17.8. The minimum absolute atomic E-state index is 0.108. The molecule has 278 valence electrons. The summed E-state index contributed by atoms with van der Waals surface area (Å²) < 4.78 is 30.1. The highest BCUT2D eigenvalue weighted by Gasteiger charge is 2.47. The van der Waals surface area contributed by atoms with E-state index in [4.69, 9.17) is 23.7 Å². The van der Waals surface area contributed by atoms with E-state index < -0.39 is 30.1 Å². The minimum Gasteiger partial charge on any atom is -0.508 e. The first-order valence-corrected chi connectivity index (χ1v) is 17.8. The maximum absolute atomic E-state index is 12.2. The smallest absolute Gasteiger partial charge is 0.128 e. The third-order valence-corrected chi connectivity index (χ3v) is 10.2. The van der Waals surface area contributed by atoms with E-state index in [1.807, 2.05) is 37.4 Å². The van der Waals surface area contributed by atoms with Crippen molar-refractivity contribution in [1.29, 1.82) is 0 Å². The monoisotopic (exact) mass is 714 g/mol. The van der Waals surface area contributed by atoms with Gasteiger partial charge in [-0.1, -0.05) is 18.2 Å². The summed E-state index contributed by atoms with van der Waals surface area (Å²) in [5.41, 5.74) is 5.29. The molecule has 11 heteroatoms. The van der Waals surface area contributed by atoms with Crippen molar-refractivity contribution in [3.63, 3.8) is 0 Å². The Morgan fingerprint density at radius 1 is 0.827 bits per heavy atom. The SMILES string of the molecule is CNCCNCc1cc2c(cc1OC)[C@H](O)[C@H]([C@H]1COc3c(Cc4cc(O)ccc4-c4cccc(O)c4)cc(OC)cc3[C@H]1O)[C@@H](CCCOC)O2. The number of benzene rings is 4. The Hall–Kier alpha value is -4.52. The second-order valence-electron chi connectivity index (χ2n) is 13.5. The Morgan fingerprint density at radius 3 is 2.40 bits per heavy atom. The molecule has 0 aromatic heterocycles. The maximum atomic E-state index is 12.2. The lowest BCUT2D eigenvalue weighted by Crippen LogP contribution is -2.46. The Labute approximate surface area is 305 Å². The topological polar surface area (TPSA) is 151 Å². The van der Waals surface area contributed by atoms with Crippen LogP contribution in [0.2, 0.25) is 0 Å². The first kappa shape index (κ1) is 37.2. The van der Waals surface area contributed by atoms with E-state index >= 15 is 0 Å². The van der Waals surface area contributed by atoms with Crippen LogP contribution >= 0.6 is 0 Å². The van der Waals surface area contributed by atoms with Crippen molar-refractivity contribution in [2.75, 3.05) is 54.7 Å². The van der Waals surface area contributed by atoms with Crippen LogP contribution in [-0.2, 0) is 17.7 Å². The fourth-order valence-electron chi connectivity index (χ4n) is 7.60. The van der Waals surface area contributed by atoms with E-state index in [0.717, 1.165) is 40.9 Å². The first-order chi connectivity index (χ1) is 25.3. The molecule has 6 rings (SSSR count). The van der Waals surface area contributed by atoms with Crippen LogP contribution in [0, 0.1) is 11.8 Å². The fourth-order valence-corrected chi connectivity index (χ4v) is 7.60. The van der Waals surface area contributed by atoms with Gasteiger partial charge in [0.25, 0.3) is 0 Å². The van der Waals surface area contributed by atoms with E-state index in [0.29, 0.717) is 66.5 Å². The zero-order valence-corrected chi connectivity index (χ0v) is 30.2. The second-order valence-corrected chi connectivity index (χ2v) is 13.5. The van der Waals surface area contributed by atoms with Gasteiger partial charge in [0.2, 0.25) is 0 Å². The predicted molar refractivity (Wildman–Crippen MR) is 198 cm³/mol. The van der Waals surface area contributed by atoms with E-state index in [-0.39, 0.29) is 18.1 Å². The van der Waals surface area contributed by atoms with Crippen LogP contribution in [0.25, 0.3) is 11.1 Å². The number of hydrogen-bond donors (Lipinski definition) is 6. The van der Waals surface area contributed by atoms with Crippen molar-refractivity contribution in [2.45, 2.75) is 44.1 Å². The summed E-state index contributed by atoms with van der Waals surface area (Å²) in [5.74, 6) is 1.52. The number of rotatable bonds is 15. The molecule has 0 fully saturated rings. The average molecular weight is 715 g/mol. The molecule has 0 unspecified atom stereocenters. The van der Waals surface area contributed by atoms with Crippen molar-refractivity contribution in [3.8, 4) is 45.6 Å². The molecule has 0 aliphatic carbocycles. The number of hydrogen-bond acceptors (Lipinski definition) is 11. The highest BCUT2D eigenvalue weighted by atomic mass is 16.5. The zero-order chi connectivity index (χ0) is 36.8. The van der Waals surface area contributed by atoms with Crippen LogP contribution in [0.3, 0.4) is 0 Å². The van der Waals surface area contributed by atoms with E-state index in [1.165, 1.54) is 0 Å². The van der Waals surface area contributed by atoms with E-state index in [9.17, 15) is 20.4 Å². The fraction of sp³-hybridized carbons (Fsp3) is 0.415. The van der Waals surface area contributed by atoms with Crippen molar-refractivity contribution in [1.82, 2.24) is 10.6 Å². The molecule has 0 saturated carbocycles. The molecule has 2 aliphatic heterocycles. The third kappa shape index (κ3) is 7.94. The van der Waals surface area contributed by atoms with Crippen LogP contribution in [0.5, 0.6) is 34.5 Å². The molecule has 2 aliphatic rings. The normalized spacial score (nSPS) is 20.7. The van der Waals surface area contributed by atoms with Crippen molar-refractivity contribution >= 4 is 0 Å². The van der Waals surface area contributed by atoms with Gasteiger partial charge in [-0.05, 0) is 85.1 Å². The van der Waals surface area contributed by atoms with Gasteiger partial charge in [0.1, 0.15) is 40.6 Å². The van der Waals surface area contributed by atoms with Gasteiger partial charge in [-0.25, -0.2) is 0 Å². The van der Waals surface area contributed by atoms with Crippen LogP contribution in [0.1, 0.15) is 52.9 Å². The largest absolute Gasteiger partial charge is 0.508 e. The van der Waals surface area contributed by atoms with Gasteiger partial charge >= 0.3 is 0 Å². The molecule has 0 bridgehead atoms. The third-order valence-electron chi connectivity index (χ3n) is 10.2. The molecule has 0 amide bonds. The highest BCUT2D eigenvalue weighted by molar-refractivity contribution is 5.70. The Morgan fingerprint density at radius 2 is 1.65 bits per heavy atom. The number of nitrogens with one attached hydrogen (secondary N) is 2. The summed E-state index contributed by atoms with van der Waals surface area (Å²) in [5, 5.41) is 51.5. The summed E-state index contributed by atoms with van der Waals surface area (Å²) in [6.07, 6.45) is -0.750. The summed E-state index contributed by atoms with van der Waals surface area (Å²) in [4.78, 5) is 0. The maximum Gasteiger partial charge on any atom is 0.128 e. The number of aliphatic hydroxyl groups is 2. The molecule has 5 atom stereocenters. The lowest BCUT2D eigenvalue weighted by Gasteiger charge is -2.45. The summed E-state index contributed by atoms with van der Waals surface area (Å²) in [6, 6.07) is 19.6. The molecule has 4 aromatic rings. The van der Waals surface area contributed by atoms with Gasteiger partial charge in [0.15, 0.2) is 0 Å². The minimum atomic E-state index is -1.01. The number of likely N-dealkylation sites (N-methyl/N-ethyl adjacent to an activating group) is 1. The van der Waals surface area contributed by atoms with Crippen LogP contribution in [0.4, 0.5) is 0 Å². The van der Waals surface area contributed by atoms with E-state index in [1.54, 1.807) is 57.7 Å². The van der Waals surface area contributed by atoms with Crippen LogP contribution < -0.4 is 29.6 Å². The van der Waals surface area contributed by atoms with Gasteiger partial charge in [0.05, 0.1) is 33.0 Å². The van der Waals surface area contributed by atoms with Gasteiger partial charge in [-0.15, -0.1) is 0 Å². The Bertz CT molecular complexity index is 1830. The number of ether oxygens (including phenoxy) is 5. The summed E-state index contributed by atoms with van der Waals surface area (Å²) in [6.45, 7) is 2.85. The molecule has 4 aromatic carbocycles. The number of aromatic hydroxyl groups is 2. The lowest BCUT2D eigenvalue weighted by molar-refractivity contribution is -0.0889. The number of fused-ring (bicyclic) bond motifs is 2. The molecule has 52 heavy (non-hydrogen) atoms. The summed E-state index contributed by atoms with van der Waals surface area (Å²) in [7, 11) is 6.76. The van der Waals surface area contributed by atoms with Crippen molar-refractivity contribution in [3.05, 3.63) is 94.5 Å². The number of phenolic OH excluding ortho intramolecular Hbond substituents is 2. The lowest BCUT2D eigenvalue weighted by atomic mass is 9.72. The molecular formula is C41H50N2O9. The molecule has 0 spiro atoms. The Balaban J connectivity index is 1.34. The van der Waals surface area contributed by atoms with Crippen LogP contribution in [0.15, 0.2) is 66.7 Å². The molecule has 0 saturated heterocycles. The van der Waals surface area contributed by atoms with Crippen LogP contribution in [-0.4, -0.2) is 81.2 Å². The van der Waals surface area contributed by atoms with E-state index in [2.05, 4.69) is 10.6 Å². The van der Waals surface area contributed by atoms with Gasteiger partial charge in [-0.2, -0.15) is 0 Å². The standard InChI is InChI=1S/C41H50N2O9/c1-42-12-13-43-22-27-19-37-32(21-36(27)50-4)40(47)38(35(52-37)9-6-14-48-2)34-23-51-41-26(18-30(49-3)20-33(41)39(34)46)15-25-17-29(45)10-11-31(25)24-7-5-8-28(44)16-24/h5,7-8,10-11,16-21,34-35,38-40,42-47H,6,9,12-15,22-23H2,1-4H3/t34-,35-,38-,39-,40+/m1/s1. The molecule has 0 radical (unpaired) electrons. The molecular weight excluding hydrogens is 664 g/mol. The quantitative estimate of drug-likeness (QED) is 0.0896. The number of aliphatic hydroxyl groups excluding tert-OH is 2. The summed E-state index contributed by atoms with van der Waals surface area (Å²) >= 11 is 0. The number of phenols is 2. The van der Waals surface area contributed by atoms with Gasteiger partial charge < -0.3 is 54.7 Å². The molecule has 2 heterocycles. The van der Waals surface area contributed by atoms with Crippen molar-refractivity contribution in [2.24, 2.45) is 11.8 Å². The predicted octanol–water partition coefficient (Wildman–Crippen LogP) is 5.26. The molecule has 11 nitrogen and oxygen atoms in total. The van der Waals surface area contributed by atoms with Gasteiger partial charge in [0, 0.05) is 73.9 Å². The second kappa shape index (κ2) is 16.9. The van der Waals surface area contributed by atoms with Crippen molar-refractivity contribution < 1.29 is 44.1 Å². The number of methoxy groups -OCH3 is 3.